The molecule has 66 heavy (non-hydrogen) atoms. The molecule has 9 heteroatoms. The number of amides is 1. The van der Waals surface area contributed by atoms with Gasteiger partial charge in [-0.3, -0.25) is 13.8 Å². The highest BCUT2D eigenvalue weighted by Gasteiger charge is 2.27. The Balaban J connectivity index is 4.07. The number of allylic oxidation sites excluding steroid dienone is 7. The SMILES string of the molecule is CCCCCCC/C=C\C/C=C\C/C=C\CCCCCCCCCCCCCCCCCCC(=O)NC(COP(=O)(O)OCC[N+](C)(C)C)C(O)/C=C/CCCCCCCCCCCCC. The Kier molecular flexibility index (Phi) is 47.4. The number of phosphoric acid groups is 1. The highest BCUT2D eigenvalue weighted by molar-refractivity contribution is 7.47. The number of phosphoric ester groups is 1. The molecule has 388 valence electrons. The Morgan fingerprint density at radius 3 is 1.26 bits per heavy atom. The molecule has 0 aromatic heterocycles. The maximum Gasteiger partial charge on any atom is 0.472 e. The summed E-state index contributed by atoms with van der Waals surface area (Å²) < 4.78 is 23.6. The quantitative estimate of drug-likeness (QED) is 0.0243. The van der Waals surface area contributed by atoms with E-state index in [4.69, 9.17) is 9.05 Å². The lowest BCUT2D eigenvalue weighted by Crippen LogP contribution is -2.45. The van der Waals surface area contributed by atoms with Crippen molar-refractivity contribution in [3.05, 3.63) is 48.6 Å². The fraction of sp³-hybridized carbons (Fsp3) is 0.842. The average Bonchev–Trinajstić information content (AvgIpc) is 3.28. The number of hydrogen-bond acceptors (Lipinski definition) is 5. The maximum atomic E-state index is 12.9. The van der Waals surface area contributed by atoms with Crippen LogP contribution in [0.1, 0.15) is 258 Å². The maximum absolute atomic E-state index is 12.9. The van der Waals surface area contributed by atoms with Crippen LogP contribution in [-0.2, 0) is 18.4 Å². The van der Waals surface area contributed by atoms with E-state index in [1.165, 1.54) is 186 Å². The lowest BCUT2D eigenvalue weighted by Gasteiger charge is -2.25. The van der Waals surface area contributed by atoms with Crippen LogP contribution in [0.5, 0.6) is 0 Å². The number of carbonyl (C=O) groups excluding carboxylic acids is 1. The number of nitrogens with one attached hydrogen (secondary N) is 1. The van der Waals surface area contributed by atoms with E-state index < -0.39 is 20.0 Å². The van der Waals surface area contributed by atoms with Gasteiger partial charge in [0.25, 0.3) is 0 Å². The minimum atomic E-state index is -4.34. The fourth-order valence-electron chi connectivity index (χ4n) is 8.11. The van der Waals surface area contributed by atoms with Crippen LogP contribution in [0.15, 0.2) is 48.6 Å². The van der Waals surface area contributed by atoms with E-state index in [1.807, 2.05) is 27.2 Å². The van der Waals surface area contributed by atoms with Crippen molar-refractivity contribution < 1.29 is 32.9 Å². The number of aliphatic hydroxyl groups excluding tert-OH is 1. The minimum Gasteiger partial charge on any atom is -0.387 e. The molecule has 3 N–H and O–H groups in total. The number of unbranched alkanes of at least 4 members (excludes halogenated alkanes) is 32. The van der Waals surface area contributed by atoms with Crippen LogP contribution < -0.4 is 5.32 Å². The fourth-order valence-corrected chi connectivity index (χ4v) is 8.84. The first-order valence-electron chi connectivity index (χ1n) is 28.0. The first-order valence-corrected chi connectivity index (χ1v) is 29.5. The first-order chi connectivity index (χ1) is 32.0. The molecule has 0 aliphatic rings. The number of carbonyl (C=O) groups is 1. The molecule has 0 radical (unpaired) electrons. The highest BCUT2D eigenvalue weighted by atomic mass is 31.2. The molecule has 8 nitrogen and oxygen atoms in total. The van der Waals surface area contributed by atoms with E-state index in [1.54, 1.807) is 6.08 Å². The molecule has 0 aliphatic carbocycles. The number of nitrogens with zero attached hydrogens (tertiary/aromatic N) is 1. The molecule has 3 unspecified atom stereocenters. The zero-order chi connectivity index (χ0) is 48.5. The van der Waals surface area contributed by atoms with Crippen LogP contribution in [-0.4, -0.2) is 73.4 Å². The molecule has 0 rings (SSSR count). The second-order valence-corrected chi connectivity index (χ2v) is 21.8. The summed E-state index contributed by atoms with van der Waals surface area (Å²) in [6.07, 6.45) is 63.5. The standard InChI is InChI=1S/C57H109N2O6P/c1-6-8-10-12-14-16-18-20-21-22-23-24-25-26-27-28-29-30-31-32-33-34-35-36-37-39-41-43-45-47-49-51-57(61)58-55(54-65-66(62,63)64-53-52-59(3,4)5)56(60)50-48-46-44-42-40-38-19-17-15-13-11-9-7-2/h18,20,22-23,25-26,48,50,55-56,60H,6-17,19,21,24,27-47,49,51-54H2,1-5H3,(H-,58,61,62,63)/p+1/b20-18-,23-22-,26-25-,50-48+. The molecule has 0 heterocycles. The Labute approximate surface area is 409 Å². The van der Waals surface area contributed by atoms with Gasteiger partial charge < -0.3 is 19.8 Å². The minimum absolute atomic E-state index is 0.0616. The van der Waals surface area contributed by atoms with Crippen molar-refractivity contribution in [2.45, 2.75) is 270 Å². The summed E-state index contributed by atoms with van der Waals surface area (Å²) in [6.45, 7) is 4.81. The van der Waals surface area contributed by atoms with Gasteiger partial charge in [0.05, 0.1) is 39.9 Å². The predicted octanol–water partition coefficient (Wildman–Crippen LogP) is 16.8. The van der Waals surface area contributed by atoms with E-state index in [2.05, 4.69) is 55.6 Å². The molecule has 0 aliphatic heterocycles. The summed E-state index contributed by atoms with van der Waals surface area (Å²) in [5, 5.41) is 13.9. The Bertz CT molecular complexity index is 1210. The number of quaternary nitrogens is 1. The van der Waals surface area contributed by atoms with Crippen LogP contribution in [0.3, 0.4) is 0 Å². The largest absolute Gasteiger partial charge is 0.472 e. The third kappa shape index (κ3) is 50.3. The van der Waals surface area contributed by atoms with Crippen molar-refractivity contribution in [2.75, 3.05) is 40.9 Å². The predicted molar refractivity (Wildman–Crippen MR) is 286 cm³/mol. The van der Waals surface area contributed by atoms with Gasteiger partial charge in [-0.25, -0.2) is 4.57 Å². The second kappa shape index (κ2) is 48.5. The van der Waals surface area contributed by atoms with Gasteiger partial charge in [-0.15, -0.1) is 0 Å². The van der Waals surface area contributed by atoms with E-state index in [-0.39, 0.29) is 19.1 Å². The highest BCUT2D eigenvalue weighted by Crippen LogP contribution is 2.43. The third-order valence-corrected chi connectivity index (χ3v) is 13.5. The summed E-state index contributed by atoms with van der Waals surface area (Å²) in [5.74, 6) is -0.176. The lowest BCUT2D eigenvalue weighted by molar-refractivity contribution is -0.870. The van der Waals surface area contributed by atoms with Crippen molar-refractivity contribution >= 4 is 13.7 Å². The van der Waals surface area contributed by atoms with Gasteiger partial charge in [0.1, 0.15) is 13.2 Å². The molecular formula is C57H110N2O6P+. The van der Waals surface area contributed by atoms with Gasteiger partial charge in [0.15, 0.2) is 0 Å². The van der Waals surface area contributed by atoms with Crippen molar-refractivity contribution in [3.8, 4) is 0 Å². The summed E-state index contributed by atoms with van der Waals surface area (Å²) in [6, 6.07) is -0.846. The van der Waals surface area contributed by atoms with Crippen LogP contribution in [0.25, 0.3) is 0 Å². The molecule has 0 spiro atoms. The van der Waals surface area contributed by atoms with Crippen molar-refractivity contribution in [3.63, 3.8) is 0 Å². The molecule has 0 bridgehead atoms. The number of hydrogen-bond donors (Lipinski definition) is 3. The molecule has 0 aromatic carbocycles. The summed E-state index contributed by atoms with van der Waals surface area (Å²) in [5.41, 5.74) is 0. The zero-order valence-corrected chi connectivity index (χ0v) is 45.1. The number of rotatable bonds is 51. The van der Waals surface area contributed by atoms with Gasteiger partial charge >= 0.3 is 7.82 Å². The molecule has 0 saturated heterocycles. The van der Waals surface area contributed by atoms with Crippen molar-refractivity contribution in [1.29, 1.82) is 0 Å². The zero-order valence-electron chi connectivity index (χ0n) is 44.2. The summed E-state index contributed by atoms with van der Waals surface area (Å²) in [7, 11) is 1.58. The van der Waals surface area contributed by atoms with Gasteiger partial charge in [-0.1, -0.05) is 242 Å². The normalized spacial score (nSPS) is 14.3. The Morgan fingerprint density at radius 2 is 0.864 bits per heavy atom. The number of aliphatic hydroxyl groups is 1. The lowest BCUT2D eigenvalue weighted by atomic mass is 10.0. The topological polar surface area (TPSA) is 105 Å². The average molecular weight is 950 g/mol. The molecule has 0 aromatic rings. The van der Waals surface area contributed by atoms with Crippen molar-refractivity contribution in [1.82, 2.24) is 5.32 Å². The smallest absolute Gasteiger partial charge is 0.387 e. The summed E-state index contributed by atoms with van der Waals surface area (Å²) >= 11 is 0. The van der Waals surface area contributed by atoms with Gasteiger partial charge in [0, 0.05) is 6.42 Å². The Hall–Kier alpha value is -1.54. The molecule has 3 atom stereocenters. The monoisotopic (exact) mass is 950 g/mol. The third-order valence-electron chi connectivity index (χ3n) is 12.5. The van der Waals surface area contributed by atoms with Crippen molar-refractivity contribution in [2.24, 2.45) is 0 Å². The van der Waals surface area contributed by atoms with Crippen LogP contribution in [0, 0.1) is 0 Å². The van der Waals surface area contributed by atoms with E-state index in [9.17, 15) is 19.4 Å². The Morgan fingerprint density at radius 1 is 0.515 bits per heavy atom. The van der Waals surface area contributed by atoms with E-state index in [0.29, 0.717) is 17.4 Å². The molecule has 0 saturated carbocycles. The molecule has 0 fully saturated rings. The first kappa shape index (κ1) is 64.5. The van der Waals surface area contributed by atoms with Gasteiger partial charge in [0.2, 0.25) is 5.91 Å². The van der Waals surface area contributed by atoms with Gasteiger partial charge in [-0.2, -0.15) is 0 Å². The van der Waals surface area contributed by atoms with E-state index >= 15 is 0 Å². The van der Waals surface area contributed by atoms with Crippen LogP contribution in [0.4, 0.5) is 0 Å². The number of likely N-dealkylation sites (N-methyl/N-ethyl adjacent to an activating group) is 1. The molecule has 1 amide bonds. The second-order valence-electron chi connectivity index (χ2n) is 20.3. The summed E-state index contributed by atoms with van der Waals surface area (Å²) in [4.78, 5) is 23.2. The van der Waals surface area contributed by atoms with Crippen LogP contribution in [0.2, 0.25) is 0 Å². The molecular weight excluding hydrogens is 840 g/mol. The van der Waals surface area contributed by atoms with Gasteiger partial charge in [-0.05, 0) is 57.8 Å². The van der Waals surface area contributed by atoms with E-state index in [0.717, 1.165) is 51.4 Å². The van der Waals surface area contributed by atoms with Crippen LogP contribution >= 0.6 is 7.82 Å².